The fourth-order valence-corrected chi connectivity index (χ4v) is 3.42. The van der Waals surface area contributed by atoms with Crippen molar-refractivity contribution in [2.24, 2.45) is 5.92 Å². The van der Waals surface area contributed by atoms with Crippen LogP contribution >= 0.6 is 11.3 Å². The smallest absolute Gasteiger partial charge is 0.171 e. The van der Waals surface area contributed by atoms with E-state index >= 15 is 0 Å². The van der Waals surface area contributed by atoms with Crippen LogP contribution < -0.4 is 0 Å². The van der Waals surface area contributed by atoms with Crippen LogP contribution in [0.3, 0.4) is 0 Å². The number of ether oxygens (including phenoxy) is 1. The highest BCUT2D eigenvalue weighted by Gasteiger charge is 2.38. The first-order chi connectivity index (χ1) is 8.07. The van der Waals surface area contributed by atoms with Gasteiger partial charge < -0.3 is 4.74 Å². The predicted molar refractivity (Wildman–Crippen MR) is 68.4 cm³/mol. The van der Waals surface area contributed by atoms with Crippen molar-refractivity contribution in [3.8, 4) is 0 Å². The molecule has 1 aromatic rings. The van der Waals surface area contributed by atoms with E-state index in [1.54, 1.807) is 20.2 Å². The van der Waals surface area contributed by atoms with E-state index < -0.39 is 0 Å². The maximum atomic E-state index is 11.3. The maximum Gasteiger partial charge on any atom is 0.171 e. The Kier molecular flexibility index (Phi) is 3.64. The molecule has 0 spiro atoms. The second-order valence-corrected chi connectivity index (χ2v) is 6.00. The van der Waals surface area contributed by atoms with Gasteiger partial charge in [0.05, 0.1) is 4.88 Å². The minimum absolute atomic E-state index is 0.0872. The van der Waals surface area contributed by atoms with Crippen molar-refractivity contribution in [1.82, 2.24) is 4.98 Å². The zero-order valence-corrected chi connectivity index (χ0v) is 11.5. The lowest BCUT2D eigenvalue weighted by atomic mass is 9.80. The molecule has 4 heteroatoms. The molecule has 1 saturated carbocycles. The van der Waals surface area contributed by atoms with E-state index in [-0.39, 0.29) is 11.4 Å². The van der Waals surface area contributed by atoms with E-state index in [1.165, 1.54) is 24.2 Å². The quantitative estimate of drug-likeness (QED) is 0.775. The normalized spacial score (nSPS) is 29.2. The van der Waals surface area contributed by atoms with Crippen LogP contribution in [0.4, 0.5) is 0 Å². The Morgan fingerprint density at radius 2 is 2.18 bits per heavy atom. The summed E-state index contributed by atoms with van der Waals surface area (Å²) in [6.45, 7) is 3.86. The van der Waals surface area contributed by atoms with Crippen LogP contribution in [-0.2, 0) is 10.3 Å². The first-order valence-electron chi connectivity index (χ1n) is 6.10. The van der Waals surface area contributed by atoms with Crippen LogP contribution in [-0.4, -0.2) is 17.9 Å². The van der Waals surface area contributed by atoms with Gasteiger partial charge in [-0.05, 0) is 31.6 Å². The van der Waals surface area contributed by atoms with E-state index in [0.29, 0.717) is 0 Å². The summed E-state index contributed by atoms with van der Waals surface area (Å²) in [7, 11) is 1.75. The van der Waals surface area contributed by atoms with Gasteiger partial charge in [0.1, 0.15) is 10.6 Å². The zero-order chi connectivity index (χ0) is 12.5. The molecule has 1 aliphatic rings. The third-order valence-electron chi connectivity index (χ3n) is 3.72. The highest BCUT2D eigenvalue weighted by atomic mass is 32.1. The van der Waals surface area contributed by atoms with Gasteiger partial charge in [-0.25, -0.2) is 4.98 Å². The van der Waals surface area contributed by atoms with Gasteiger partial charge >= 0.3 is 0 Å². The molecule has 1 fully saturated rings. The van der Waals surface area contributed by atoms with Crippen molar-refractivity contribution < 1.29 is 9.53 Å². The fourth-order valence-electron chi connectivity index (χ4n) is 2.38. The predicted octanol–water partition coefficient (Wildman–Crippen LogP) is 3.40. The summed E-state index contributed by atoms with van der Waals surface area (Å²) in [6, 6.07) is 0. The molecule has 0 radical (unpaired) electrons. The van der Waals surface area contributed by atoms with Gasteiger partial charge in [-0.2, -0.15) is 0 Å². The molecule has 2 rings (SSSR count). The fraction of sp³-hybridized carbons (Fsp3) is 0.692. The van der Waals surface area contributed by atoms with Crippen molar-refractivity contribution in [1.29, 1.82) is 0 Å². The summed E-state index contributed by atoms with van der Waals surface area (Å²) in [5.41, 5.74) is -0.245. The number of carbonyl (C=O) groups excluding carboxylic acids is 1. The second-order valence-electron chi connectivity index (χ2n) is 4.97. The lowest BCUT2D eigenvalue weighted by Crippen LogP contribution is -2.33. The number of carbonyl (C=O) groups is 1. The Hall–Kier alpha value is -0.740. The van der Waals surface area contributed by atoms with Gasteiger partial charge in [0.25, 0.3) is 0 Å². The summed E-state index contributed by atoms with van der Waals surface area (Å²) in [4.78, 5) is 16.4. The summed E-state index contributed by atoms with van der Waals surface area (Å²) in [6.07, 6.45) is 6.04. The number of Topliss-reactive ketones (excluding diaryl/α,β-unsaturated/α-hetero) is 1. The van der Waals surface area contributed by atoms with Crippen LogP contribution in [0.15, 0.2) is 6.20 Å². The average Bonchev–Trinajstić information content (AvgIpc) is 2.81. The minimum atomic E-state index is -0.245. The SMILES string of the molecule is COC1(c2ncc(C(C)=O)s2)CCC(C)CC1. The highest BCUT2D eigenvalue weighted by Crippen LogP contribution is 2.43. The summed E-state index contributed by atoms with van der Waals surface area (Å²) in [5, 5.41) is 0.970. The molecule has 94 valence electrons. The molecule has 0 unspecified atom stereocenters. The van der Waals surface area contributed by atoms with Gasteiger partial charge in [-0.3, -0.25) is 4.79 Å². The van der Waals surface area contributed by atoms with E-state index in [4.69, 9.17) is 4.74 Å². The monoisotopic (exact) mass is 253 g/mol. The highest BCUT2D eigenvalue weighted by molar-refractivity contribution is 7.13. The zero-order valence-electron chi connectivity index (χ0n) is 10.7. The molecule has 1 aliphatic carbocycles. The lowest BCUT2D eigenvalue weighted by molar-refractivity contribution is -0.0531. The molecule has 1 heterocycles. The number of aromatic nitrogens is 1. The Morgan fingerprint density at radius 3 is 2.65 bits per heavy atom. The van der Waals surface area contributed by atoms with Gasteiger partial charge in [0.15, 0.2) is 5.78 Å². The number of nitrogens with zero attached hydrogens (tertiary/aromatic N) is 1. The average molecular weight is 253 g/mol. The third kappa shape index (κ3) is 2.43. The molecule has 0 aromatic carbocycles. The van der Waals surface area contributed by atoms with Crippen LogP contribution in [0.1, 0.15) is 54.2 Å². The van der Waals surface area contributed by atoms with Gasteiger partial charge in [0.2, 0.25) is 0 Å². The lowest BCUT2D eigenvalue weighted by Gasteiger charge is -2.36. The number of rotatable bonds is 3. The molecule has 1 aromatic heterocycles. The Balaban J connectivity index is 2.25. The first kappa shape index (κ1) is 12.7. The molecule has 17 heavy (non-hydrogen) atoms. The third-order valence-corrected chi connectivity index (χ3v) is 5.00. The van der Waals surface area contributed by atoms with Crippen LogP contribution in [0, 0.1) is 5.92 Å². The largest absolute Gasteiger partial charge is 0.371 e. The number of methoxy groups -OCH3 is 1. The summed E-state index contributed by atoms with van der Waals surface area (Å²) in [5.74, 6) is 0.856. The molecule has 0 saturated heterocycles. The number of ketones is 1. The van der Waals surface area contributed by atoms with Crippen molar-refractivity contribution in [3.05, 3.63) is 16.1 Å². The Morgan fingerprint density at radius 1 is 1.53 bits per heavy atom. The van der Waals surface area contributed by atoms with E-state index in [9.17, 15) is 4.79 Å². The molecule has 0 amide bonds. The summed E-state index contributed by atoms with van der Waals surface area (Å²) >= 11 is 1.49. The minimum Gasteiger partial charge on any atom is -0.371 e. The van der Waals surface area contributed by atoms with Gasteiger partial charge in [-0.1, -0.05) is 6.92 Å². The molecule has 0 atom stereocenters. The van der Waals surface area contributed by atoms with Gasteiger partial charge in [-0.15, -0.1) is 11.3 Å². The molecular weight excluding hydrogens is 234 g/mol. The Labute approximate surface area is 106 Å². The molecule has 0 aliphatic heterocycles. The van der Waals surface area contributed by atoms with E-state index in [1.807, 2.05) is 0 Å². The topological polar surface area (TPSA) is 39.2 Å². The molecule has 0 N–H and O–H groups in total. The van der Waals surface area contributed by atoms with Gasteiger partial charge in [0, 0.05) is 20.2 Å². The first-order valence-corrected chi connectivity index (χ1v) is 6.91. The second kappa shape index (κ2) is 4.86. The standard InChI is InChI=1S/C13H19NO2S/c1-9-4-6-13(16-3,7-5-9)12-14-8-11(17-12)10(2)15/h8-9H,4-7H2,1-3H3. The van der Waals surface area contributed by atoms with Crippen LogP contribution in [0.5, 0.6) is 0 Å². The molecule has 0 bridgehead atoms. The van der Waals surface area contributed by atoms with E-state index in [2.05, 4.69) is 11.9 Å². The van der Waals surface area contributed by atoms with Crippen molar-refractivity contribution in [2.45, 2.75) is 45.1 Å². The molecular formula is C13H19NO2S. The number of hydrogen-bond donors (Lipinski definition) is 0. The Bertz CT molecular complexity index is 405. The van der Waals surface area contributed by atoms with Crippen molar-refractivity contribution in [2.75, 3.05) is 7.11 Å². The van der Waals surface area contributed by atoms with Crippen molar-refractivity contribution >= 4 is 17.1 Å². The number of hydrogen-bond acceptors (Lipinski definition) is 4. The molecule has 3 nitrogen and oxygen atoms in total. The number of thiazole rings is 1. The summed E-state index contributed by atoms with van der Waals surface area (Å²) < 4.78 is 5.74. The van der Waals surface area contributed by atoms with E-state index in [0.717, 1.165) is 28.6 Å². The van der Waals surface area contributed by atoms with Crippen LogP contribution in [0.25, 0.3) is 0 Å². The van der Waals surface area contributed by atoms with Crippen molar-refractivity contribution in [3.63, 3.8) is 0 Å². The maximum absolute atomic E-state index is 11.3. The van der Waals surface area contributed by atoms with Crippen LogP contribution in [0.2, 0.25) is 0 Å².